The fourth-order valence-electron chi connectivity index (χ4n) is 3.71. The summed E-state index contributed by atoms with van der Waals surface area (Å²) in [4.78, 5) is 31.0. The summed E-state index contributed by atoms with van der Waals surface area (Å²) in [5.41, 5.74) is 2.27. The Kier molecular flexibility index (Phi) is 5.07. The van der Waals surface area contributed by atoms with Gasteiger partial charge < -0.3 is 9.15 Å². The number of carbonyl (C=O) groups is 1. The molecule has 3 aromatic heterocycles. The number of halogens is 1. The number of hydrogen-bond donors (Lipinski definition) is 0. The Morgan fingerprint density at radius 1 is 1.19 bits per heavy atom. The summed E-state index contributed by atoms with van der Waals surface area (Å²) in [6.07, 6.45) is 1.46. The summed E-state index contributed by atoms with van der Waals surface area (Å²) in [6, 6.07) is 13.2. The Hall–Kier alpha value is -3.78. The molecule has 2 aromatic carbocycles. The lowest BCUT2D eigenvalue weighted by Crippen LogP contribution is -2.22. The zero-order valence-electron chi connectivity index (χ0n) is 17.0. The molecular weight excluding hydrogens is 431 g/mol. The van der Waals surface area contributed by atoms with E-state index in [4.69, 9.17) is 9.15 Å². The third-order valence-electron chi connectivity index (χ3n) is 5.20. The van der Waals surface area contributed by atoms with Crippen molar-refractivity contribution in [1.82, 2.24) is 9.55 Å². The number of benzene rings is 2. The van der Waals surface area contributed by atoms with Gasteiger partial charge in [-0.05, 0) is 30.7 Å². The largest absolute Gasteiger partial charge is 0.460 e. The van der Waals surface area contributed by atoms with E-state index in [2.05, 4.69) is 4.98 Å². The van der Waals surface area contributed by atoms with Crippen molar-refractivity contribution >= 4 is 38.5 Å². The van der Waals surface area contributed by atoms with Gasteiger partial charge in [-0.15, -0.1) is 11.3 Å². The molecule has 0 aliphatic carbocycles. The Balaban J connectivity index is 1.65. The van der Waals surface area contributed by atoms with E-state index < -0.39 is 5.97 Å². The van der Waals surface area contributed by atoms with Crippen molar-refractivity contribution in [2.45, 2.75) is 13.5 Å². The van der Waals surface area contributed by atoms with Crippen molar-refractivity contribution < 1.29 is 18.3 Å². The molecule has 0 saturated carbocycles. The maximum absolute atomic E-state index is 13.4. The summed E-state index contributed by atoms with van der Waals surface area (Å²) in [5.74, 6) is -0.852. The molecule has 160 valence electrons. The number of thiophene rings is 1. The smallest absolute Gasteiger partial charge is 0.374 e. The number of fused-ring (bicyclic) bond motifs is 2. The van der Waals surface area contributed by atoms with Crippen LogP contribution in [0.25, 0.3) is 32.3 Å². The molecule has 0 radical (unpaired) electrons. The number of esters is 1. The lowest BCUT2D eigenvalue weighted by Gasteiger charge is -2.07. The molecule has 6 nitrogen and oxygen atoms in total. The molecule has 0 amide bonds. The minimum atomic E-state index is -0.580. The topological polar surface area (TPSA) is 74.3 Å². The Labute approximate surface area is 185 Å². The first-order valence-electron chi connectivity index (χ1n) is 9.97. The Bertz CT molecular complexity index is 1520. The van der Waals surface area contributed by atoms with Gasteiger partial charge in [-0.25, -0.2) is 14.2 Å². The van der Waals surface area contributed by atoms with Crippen molar-refractivity contribution in [1.29, 1.82) is 0 Å². The van der Waals surface area contributed by atoms with Crippen LogP contribution in [0.2, 0.25) is 0 Å². The first kappa shape index (κ1) is 20.1. The van der Waals surface area contributed by atoms with E-state index in [0.717, 1.165) is 10.9 Å². The normalized spacial score (nSPS) is 11.3. The third-order valence-corrected chi connectivity index (χ3v) is 6.09. The molecule has 5 aromatic rings. The summed E-state index contributed by atoms with van der Waals surface area (Å²) < 4.78 is 25.7. The van der Waals surface area contributed by atoms with Crippen molar-refractivity contribution in [3.63, 3.8) is 0 Å². The molecule has 0 spiro atoms. The molecule has 0 saturated heterocycles. The minimum absolute atomic E-state index is 0.0733. The van der Waals surface area contributed by atoms with Crippen LogP contribution in [0.5, 0.6) is 0 Å². The van der Waals surface area contributed by atoms with Gasteiger partial charge in [-0.3, -0.25) is 9.36 Å². The van der Waals surface area contributed by atoms with Crippen LogP contribution >= 0.6 is 11.3 Å². The molecule has 3 heterocycles. The molecule has 32 heavy (non-hydrogen) atoms. The Morgan fingerprint density at radius 2 is 1.97 bits per heavy atom. The minimum Gasteiger partial charge on any atom is -0.460 e. The van der Waals surface area contributed by atoms with Crippen LogP contribution in [0.1, 0.15) is 23.0 Å². The molecule has 0 aliphatic rings. The average molecular weight is 448 g/mol. The number of furan rings is 1. The number of carbonyl (C=O) groups excluding carboxylic acids is 1. The number of aromatic nitrogens is 2. The number of rotatable bonds is 5. The number of ether oxygens (including phenoxy) is 1. The summed E-state index contributed by atoms with van der Waals surface area (Å²) in [7, 11) is 0. The second-order valence-corrected chi connectivity index (χ2v) is 8.00. The van der Waals surface area contributed by atoms with Crippen LogP contribution in [0.4, 0.5) is 4.39 Å². The van der Waals surface area contributed by atoms with E-state index >= 15 is 0 Å². The van der Waals surface area contributed by atoms with Crippen LogP contribution in [0, 0.1) is 5.82 Å². The van der Waals surface area contributed by atoms with Gasteiger partial charge in [-0.2, -0.15) is 0 Å². The van der Waals surface area contributed by atoms with Crippen LogP contribution in [-0.4, -0.2) is 22.1 Å². The van der Waals surface area contributed by atoms with Gasteiger partial charge in [0.05, 0.1) is 24.9 Å². The Morgan fingerprint density at radius 3 is 2.75 bits per heavy atom. The molecule has 0 bridgehead atoms. The van der Waals surface area contributed by atoms with Gasteiger partial charge in [0.1, 0.15) is 16.2 Å². The van der Waals surface area contributed by atoms with Gasteiger partial charge >= 0.3 is 5.97 Å². The van der Waals surface area contributed by atoms with Crippen LogP contribution in [0.3, 0.4) is 0 Å². The zero-order valence-corrected chi connectivity index (χ0v) is 17.8. The lowest BCUT2D eigenvalue weighted by atomic mass is 10.1. The van der Waals surface area contributed by atoms with E-state index in [0.29, 0.717) is 26.9 Å². The summed E-state index contributed by atoms with van der Waals surface area (Å²) in [6.45, 7) is 2.01. The first-order chi connectivity index (χ1) is 15.6. The van der Waals surface area contributed by atoms with E-state index in [1.807, 2.05) is 23.6 Å². The van der Waals surface area contributed by atoms with E-state index in [1.165, 1.54) is 34.4 Å². The van der Waals surface area contributed by atoms with E-state index in [9.17, 15) is 14.0 Å². The molecule has 0 fully saturated rings. The SMILES string of the molecule is CCOC(=O)c1oc2ccccc2c1Cn1cnc2scc(-c3ccc(F)cc3)c2c1=O. The second kappa shape index (κ2) is 8.05. The second-order valence-electron chi connectivity index (χ2n) is 7.14. The van der Waals surface area contributed by atoms with Crippen LogP contribution in [-0.2, 0) is 11.3 Å². The molecule has 0 unspecified atom stereocenters. The fourth-order valence-corrected chi connectivity index (χ4v) is 4.62. The van der Waals surface area contributed by atoms with Crippen molar-refractivity contribution in [3.05, 3.63) is 87.7 Å². The van der Waals surface area contributed by atoms with Gasteiger partial charge in [0, 0.05) is 21.9 Å². The number of nitrogens with zero attached hydrogens (tertiary/aromatic N) is 2. The third kappa shape index (κ3) is 3.38. The van der Waals surface area contributed by atoms with Crippen molar-refractivity contribution in [2.24, 2.45) is 0 Å². The van der Waals surface area contributed by atoms with E-state index in [-0.39, 0.29) is 30.3 Å². The maximum atomic E-state index is 13.4. The highest BCUT2D eigenvalue weighted by Gasteiger charge is 2.23. The highest BCUT2D eigenvalue weighted by Crippen LogP contribution is 2.31. The zero-order chi connectivity index (χ0) is 22.2. The van der Waals surface area contributed by atoms with Gasteiger partial charge in [0.15, 0.2) is 0 Å². The predicted molar refractivity (Wildman–Crippen MR) is 121 cm³/mol. The van der Waals surface area contributed by atoms with Crippen LogP contribution < -0.4 is 5.56 Å². The highest BCUT2D eigenvalue weighted by molar-refractivity contribution is 7.17. The molecule has 0 aliphatic heterocycles. The standard InChI is InChI=1S/C24H17FN2O4S/c1-2-30-24(29)21-17(16-5-3-4-6-19(16)31-21)11-27-13-26-22-20(23(27)28)18(12-32-22)14-7-9-15(25)10-8-14/h3-10,12-13H,2,11H2,1H3. The molecular formula is C24H17FN2O4S. The van der Waals surface area contributed by atoms with Crippen molar-refractivity contribution in [2.75, 3.05) is 6.61 Å². The number of hydrogen-bond acceptors (Lipinski definition) is 6. The van der Waals surface area contributed by atoms with Gasteiger partial charge in [0.25, 0.3) is 5.56 Å². The van der Waals surface area contributed by atoms with Gasteiger partial charge in [-0.1, -0.05) is 30.3 Å². The average Bonchev–Trinajstić information content (AvgIpc) is 3.39. The van der Waals surface area contributed by atoms with Crippen LogP contribution in [0.15, 0.2) is 69.5 Å². The molecule has 8 heteroatoms. The fraction of sp³-hybridized carbons (Fsp3) is 0.125. The quantitative estimate of drug-likeness (QED) is 0.344. The monoisotopic (exact) mass is 448 g/mol. The van der Waals surface area contributed by atoms with Gasteiger partial charge in [0.2, 0.25) is 5.76 Å². The summed E-state index contributed by atoms with van der Waals surface area (Å²) >= 11 is 1.35. The molecule has 5 rings (SSSR count). The first-order valence-corrected chi connectivity index (χ1v) is 10.8. The number of para-hydroxylation sites is 1. The highest BCUT2D eigenvalue weighted by atomic mass is 32.1. The molecule has 0 N–H and O–H groups in total. The maximum Gasteiger partial charge on any atom is 0.374 e. The predicted octanol–water partition coefficient (Wildman–Crippen LogP) is 5.24. The lowest BCUT2D eigenvalue weighted by molar-refractivity contribution is 0.0490. The molecule has 0 atom stereocenters. The van der Waals surface area contributed by atoms with Crippen molar-refractivity contribution in [3.8, 4) is 11.1 Å². The summed E-state index contributed by atoms with van der Waals surface area (Å²) in [5, 5.41) is 3.02. The van der Waals surface area contributed by atoms with E-state index in [1.54, 1.807) is 25.1 Å².